The Labute approximate surface area is 106 Å². The van der Waals surface area contributed by atoms with E-state index in [0.29, 0.717) is 12.5 Å². The second-order valence-electron chi connectivity index (χ2n) is 6.08. The largest absolute Gasteiger partial charge is 0.311 e. The summed E-state index contributed by atoms with van der Waals surface area (Å²) in [5.74, 6) is 0. The monoisotopic (exact) mass is 237 g/mol. The Balaban J connectivity index is 2.35. The quantitative estimate of drug-likeness (QED) is 0.747. The number of hydrogen-bond donors (Lipinski definition) is 1. The maximum atomic E-state index is 8.59. The van der Waals surface area contributed by atoms with Gasteiger partial charge in [-0.1, -0.05) is 6.42 Å². The molecule has 1 atom stereocenters. The van der Waals surface area contributed by atoms with Crippen LogP contribution in [0.25, 0.3) is 0 Å². The van der Waals surface area contributed by atoms with Crippen LogP contribution in [0.2, 0.25) is 0 Å². The van der Waals surface area contributed by atoms with Crippen molar-refractivity contribution in [2.45, 2.75) is 64.5 Å². The lowest BCUT2D eigenvalue weighted by atomic mass is 10.00. The molecule has 1 saturated heterocycles. The molecule has 0 radical (unpaired) electrons. The lowest BCUT2D eigenvalue weighted by Gasteiger charge is -2.37. The molecule has 0 aromatic heterocycles. The lowest BCUT2D eigenvalue weighted by molar-refractivity contribution is 0.137. The van der Waals surface area contributed by atoms with Crippen LogP contribution in [0.1, 0.15) is 52.9 Å². The van der Waals surface area contributed by atoms with Gasteiger partial charge in [0.1, 0.15) is 0 Å². The van der Waals surface area contributed by atoms with Gasteiger partial charge < -0.3 is 5.32 Å². The summed E-state index contributed by atoms with van der Waals surface area (Å²) in [5.41, 5.74) is 0.204. The van der Waals surface area contributed by atoms with E-state index in [1.165, 1.54) is 25.8 Å². The van der Waals surface area contributed by atoms with Crippen molar-refractivity contribution in [3.8, 4) is 6.07 Å². The number of nitrogens with zero attached hydrogens (tertiary/aromatic N) is 2. The topological polar surface area (TPSA) is 39.1 Å². The summed E-state index contributed by atoms with van der Waals surface area (Å²) in [7, 11) is 0. The Bertz CT molecular complexity index is 249. The zero-order valence-electron chi connectivity index (χ0n) is 11.6. The van der Waals surface area contributed by atoms with E-state index in [9.17, 15) is 0 Å². The van der Waals surface area contributed by atoms with E-state index in [4.69, 9.17) is 5.26 Å². The van der Waals surface area contributed by atoms with Crippen molar-refractivity contribution >= 4 is 0 Å². The average Bonchev–Trinajstić information content (AvgIpc) is 2.27. The van der Waals surface area contributed by atoms with Crippen molar-refractivity contribution < 1.29 is 0 Å². The van der Waals surface area contributed by atoms with Gasteiger partial charge in [0.15, 0.2) is 0 Å². The summed E-state index contributed by atoms with van der Waals surface area (Å²) in [4.78, 5) is 2.57. The fourth-order valence-electron chi connectivity index (χ4n) is 2.37. The predicted octanol–water partition coefficient (Wildman–Crippen LogP) is 2.53. The number of rotatable bonds is 5. The second kappa shape index (κ2) is 6.98. The number of nitriles is 1. The average molecular weight is 237 g/mol. The molecule has 3 heteroatoms. The first-order valence-corrected chi connectivity index (χ1v) is 6.89. The van der Waals surface area contributed by atoms with Gasteiger partial charge in [-0.25, -0.2) is 0 Å². The van der Waals surface area contributed by atoms with E-state index in [0.717, 1.165) is 19.5 Å². The highest BCUT2D eigenvalue weighted by atomic mass is 15.2. The molecule has 0 aromatic carbocycles. The zero-order valence-corrected chi connectivity index (χ0v) is 11.6. The Kier molecular flexibility index (Phi) is 5.94. The number of hydrogen-bond acceptors (Lipinski definition) is 3. The highest BCUT2D eigenvalue weighted by molar-refractivity contribution is 4.82. The van der Waals surface area contributed by atoms with Gasteiger partial charge in [0.25, 0.3) is 0 Å². The standard InChI is InChI=1S/C14H27N3/c1-14(2,3)16-12-13-8-4-6-10-17(13)11-7-5-9-15/h13,16H,4-8,10-12H2,1-3H3. The van der Waals surface area contributed by atoms with Gasteiger partial charge in [0.05, 0.1) is 6.07 Å². The summed E-state index contributed by atoms with van der Waals surface area (Å²) in [6.07, 6.45) is 5.68. The molecule has 3 nitrogen and oxygen atoms in total. The van der Waals surface area contributed by atoms with Crippen molar-refractivity contribution in [2.24, 2.45) is 0 Å². The second-order valence-corrected chi connectivity index (χ2v) is 6.08. The fraction of sp³-hybridized carbons (Fsp3) is 0.929. The van der Waals surface area contributed by atoms with Crippen LogP contribution in [0, 0.1) is 11.3 Å². The zero-order chi connectivity index (χ0) is 12.7. The van der Waals surface area contributed by atoms with Gasteiger partial charge in [-0.2, -0.15) is 5.26 Å². The van der Waals surface area contributed by atoms with Crippen molar-refractivity contribution in [3.63, 3.8) is 0 Å². The minimum atomic E-state index is 0.204. The third kappa shape index (κ3) is 6.05. The number of likely N-dealkylation sites (tertiary alicyclic amines) is 1. The molecule has 0 aromatic rings. The summed E-state index contributed by atoms with van der Waals surface area (Å²) in [6.45, 7) is 10.0. The highest BCUT2D eigenvalue weighted by Gasteiger charge is 2.23. The first-order chi connectivity index (χ1) is 8.03. The molecule has 1 N–H and O–H groups in total. The smallest absolute Gasteiger partial charge is 0.0622 e. The lowest BCUT2D eigenvalue weighted by Crippen LogP contribution is -2.49. The van der Waals surface area contributed by atoms with Crippen LogP contribution in [0.3, 0.4) is 0 Å². The van der Waals surface area contributed by atoms with E-state index in [2.05, 4.69) is 37.1 Å². The van der Waals surface area contributed by atoms with E-state index in [1.54, 1.807) is 0 Å². The van der Waals surface area contributed by atoms with Crippen LogP contribution in [0.4, 0.5) is 0 Å². The number of unbranched alkanes of at least 4 members (excludes halogenated alkanes) is 1. The SMILES string of the molecule is CC(C)(C)NCC1CCCCN1CCCC#N. The van der Waals surface area contributed by atoms with Gasteiger partial charge in [0, 0.05) is 24.5 Å². The molecule has 17 heavy (non-hydrogen) atoms. The highest BCUT2D eigenvalue weighted by Crippen LogP contribution is 2.17. The van der Waals surface area contributed by atoms with Crippen molar-refractivity contribution in [3.05, 3.63) is 0 Å². The molecule has 1 heterocycles. The van der Waals surface area contributed by atoms with E-state index in [1.807, 2.05) is 0 Å². The molecule has 1 fully saturated rings. The predicted molar refractivity (Wildman–Crippen MR) is 71.8 cm³/mol. The van der Waals surface area contributed by atoms with Crippen molar-refractivity contribution in [2.75, 3.05) is 19.6 Å². The Hall–Kier alpha value is -0.590. The summed E-state index contributed by atoms with van der Waals surface area (Å²) >= 11 is 0. The Morgan fingerprint density at radius 1 is 1.35 bits per heavy atom. The van der Waals surface area contributed by atoms with E-state index in [-0.39, 0.29) is 5.54 Å². The molecule has 1 unspecified atom stereocenters. The minimum absolute atomic E-state index is 0.204. The molecule has 0 saturated carbocycles. The van der Waals surface area contributed by atoms with Crippen molar-refractivity contribution in [1.82, 2.24) is 10.2 Å². The fourth-order valence-corrected chi connectivity index (χ4v) is 2.37. The molecule has 1 aliphatic heterocycles. The molecule has 1 rings (SSSR count). The van der Waals surface area contributed by atoms with Gasteiger partial charge in [-0.15, -0.1) is 0 Å². The van der Waals surface area contributed by atoms with E-state index >= 15 is 0 Å². The molecule has 0 aliphatic carbocycles. The third-order valence-electron chi connectivity index (χ3n) is 3.35. The molecular weight excluding hydrogens is 210 g/mol. The number of nitrogens with one attached hydrogen (secondary N) is 1. The van der Waals surface area contributed by atoms with Crippen LogP contribution in [0.5, 0.6) is 0 Å². The van der Waals surface area contributed by atoms with Crippen LogP contribution >= 0.6 is 0 Å². The summed E-state index contributed by atoms with van der Waals surface area (Å²) < 4.78 is 0. The van der Waals surface area contributed by atoms with Crippen molar-refractivity contribution in [1.29, 1.82) is 5.26 Å². The minimum Gasteiger partial charge on any atom is -0.311 e. The Morgan fingerprint density at radius 2 is 2.12 bits per heavy atom. The van der Waals surface area contributed by atoms with Crippen LogP contribution in [0.15, 0.2) is 0 Å². The summed E-state index contributed by atoms with van der Waals surface area (Å²) in [6, 6.07) is 2.90. The molecule has 0 spiro atoms. The maximum absolute atomic E-state index is 8.59. The van der Waals surface area contributed by atoms with Gasteiger partial charge in [0.2, 0.25) is 0 Å². The molecule has 0 amide bonds. The van der Waals surface area contributed by atoms with Gasteiger partial charge in [-0.05, 0) is 53.1 Å². The number of piperidine rings is 1. The Morgan fingerprint density at radius 3 is 2.76 bits per heavy atom. The van der Waals surface area contributed by atoms with Gasteiger partial charge >= 0.3 is 0 Å². The maximum Gasteiger partial charge on any atom is 0.0622 e. The molecule has 0 bridgehead atoms. The van der Waals surface area contributed by atoms with Crippen LogP contribution in [-0.4, -0.2) is 36.1 Å². The first-order valence-electron chi connectivity index (χ1n) is 6.89. The summed E-state index contributed by atoms with van der Waals surface area (Å²) in [5, 5.41) is 12.2. The molecule has 1 aliphatic rings. The molecule has 98 valence electrons. The van der Waals surface area contributed by atoms with Gasteiger partial charge in [-0.3, -0.25) is 4.90 Å². The van der Waals surface area contributed by atoms with Crippen LogP contribution < -0.4 is 5.32 Å². The normalized spacial score (nSPS) is 22.4. The van der Waals surface area contributed by atoms with Crippen LogP contribution in [-0.2, 0) is 0 Å². The molecular formula is C14H27N3. The first kappa shape index (κ1) is 14.5. The van der Waals surface area contributed by atoms with E-state index < -0.39 is 0 Å². The third-order valence-corrected chi connectivity index (χ3v) is 3.35.